The SMILES string of the molecule is CCOc1ccccc1Nc1cc(NCc2cccc(C)c2)ncn1. The summed E-state index contributed by atoms with van der Waals surface area (Å²) in [4.78, 5) is 8.57. The molecule has 1 aromatic heterocycles. The first kappa shape index (κ1) is 16.8. The Kier molecular flexibility index (Phi) is 5.46. The number of para-hydroxylation sites is 2. The van der Waals surface area contributed by atoms with Crippen molar-refractivity contribution in [1.82, 2.24) is 9.97 Å². The Labute approximate surface area is 148 Å². The van der Waals surface area contributed by atoms with E-state index in [4.69, 9.17) is 4.74 Å². The first-order chi connectivity index (χ1) is 12.2. The molecule has 128 valence electrons. The van der Waals surface area contributed by atoms with E-state index in [1.54, 1.807) is 6.33 Å². The molecule has 0 aliphatic heterocycles. The van der Waals surface area contributed by atoms with E-state index in [0.29, 0.717) is 19.0 Å². The summed E-state index contributed by atoms with van der Waals surface area (Å²) in [7, 11) is 0. The van der Waals surface area contributed by atoms with Gasteiger partial charge in [-0.3, -0.25) is 0 Å². The zero-order valence-electron chi connectivity index (χ0n) is 14.5. The molecule has 0 unspecified atom stereocenters. The van der Waals surface area contributed by atoms with Crippen LogP contribution in [0.3, 0.4) is 0 Å². The summed E-state index contributed by atoms with van der Waals surface area (Å²) in [5.41, 5.74) is 3.35. The monoisotopic (exact) mass is 334 g/mol. The highest BCUT2D eigenvalue weighted by Crippen LogP contribution is 2.27. The summed E-state index contributed by atoms with van der Waals surface area (Å²) >= 11 is 0. The van der Waals surface area contributed by atoms with Gasteiger partial charge in [0.15, 0.2) is 0 Å². The number of hydrogen-bond acceptors (Lipinski definition) is 5. The van der Waals surface area contributed by atoms with Crippen molar-refractivity contribution in [3.63, 3.8) is 0 Å². The van der Waals surface area contributed by atoms with Crippen LogP contribution in [0, 0.1) is 6.92 Å². The van der Waals surface area contributed by atoms with Gasteiger partial charge >= 0.3 is 0 Å². The third-order valence-electron chi connectivity index (χ3n) is 3.67. The Morgan fingerprint density at radius 1 is 0.960 bits per heavy atom. The second-order valence-electron chi connectivity index (χ2n) is 5.69. The van der Waals surface area contributed by atoms with Crippen LogP contribution < -0.4 is 15.4 Å². The molecule has 25 heavy (non-hydrogen) atoms. The molecule has 0 saturated heterocycles. The topological polar surface area (TPSA) is 59.1 Å². The fourth-order valence-corrected chi connectivity index (χ4v) is 2.53. The van der Waals surface area contributed by atoms with Crippen molar-refractivity contribution in [3.8, 4) is 5.75 Å². The van der Waals surface area contributed by atoms with Gasteiger partial charge in [-0.25, -0.2) is 9.97 Å². The predicted octanol–water partition coefficient (Wildman–Crippen LogP) is 4.54. The van der Waals surface area contributed by atoms with Crippen molar-refractivity contribution in [1.29, 1.82) is 0 Å². The normalized spacial score (nSPS) is 10.3. The van der Waals surface area contributed by atoms with Gasteiger partial charge in [-0.1, -0.05) is 42.0 Å². The van der Waals surface area contributed by atoms with E-state index >= 15 is 0 Å². The third kappa shape index (κ3) is 4.70. The average Bonchev–Trinajstić information content (AvgIpc) is 2.62. The van der Waals surface area contributed by atoms with Crippen molar-refractivity contribution < 1.29 is 4.74 Å². The van der Waals surface area contributed by atoms with Crippen LogP contribution >= 0.6 is 0 Å². The molecule has 3 rings (SSSR count). The lowest BCUT2D eigenvalue weighted by atomic mass is 10.1. The van der Waals surface area contributed by atoms with Gasteiger partial charge in [0.1, 0.15) is 23.7 Å². The summed E-state index contributed by atoms with van der Waals surface area (Å²) in [6, 6.07) is 18.1. The van der Waals surface area contributed by atoms with Gasteiger partial charge in [0.2, 0.25) is 0 Å². The summed E-state index contributed by atoms with van der Waals surface area (Å²) in [6.45, 7) is 5.39. The van der Waals surface area contributed by atoms with E-state index in [-0.39, 0.29) is 0 Å². The van der Waals surface area contributed by atoms with Crippen LogP contribution in [0.1, 0.15) is 18.1 Å². The molecule has 0 saturated carbocycles. The lowest BCUT2D eigenvalue weighted by Gasteiger charge is -2.12. The predicted molar refractivity (Wildman–Crippen MR) is 101 cm³/mol. The molecule has 0 fully saturated rings. The Hall–Kier alpha value is -3.08. The molecule has 2 N–H and O–H groups in total. The molecular formula is C20H22N4O. The number of nitrogens with one attached hydrogen (secondary N) is 2. The van der Waals surface area contributed by atoms with Crippen molar-refractivity contribution in [2.45, 2.75) is 20.4 Å². The number of benzene rings is 2. The molecule has 1 heterocycles. The number of ether oxygens (including phenoxy) is 1. The summed E-state index contributed by atoms with van der Waals surface area (Å²) < 4.78 is 5.63. The molecule has 0 atom stereocenters. The van der Waals surface area contributed by atoms with Crippen molar-refractivity contribution in [2.24, 2.45) is 0 Å². The molecule has 0 spiro atoms. The highest BCUT2D eigenvalue weighted by molar-refractivity contribution is 5.65. The van der Waals surface area contributed by atoms with E-state index in [1.807, 2.05) is 37.3 Å². The molecule has 0 aliphatic rings. The quantitative estimate of drug-likeness (QED) is 0.664. The number of nitrogens with zero attached hydrogens (tertiary/aromatic N) is 2. The maximum atomic E-state index is 5.63. The van der Waals surface area contributed by atoms with Crippen LogP contribution in [-0.4, -0.2) is 16.6 Å². The minimum Gasteiger partial charge on any atom is -0.492 e. The van der Waals surface area contributed by atoms with Crippen LogP contribution in [0.15, 0.2) is 60.9 Å². The molecule has 0 radical (unpaired) electrons. The highest BCUT2D eigenvalue weighted by Gasteiger charge is 2.05. The minimum absolute atomic E-state index is 0.617. The molecule has 0 bridgehead atoms. The Morgan fingerprint density at radius 2 is 1.80 bits per heavy atom. The summed E-state index contributed by atoms with van der Waals surface area (Å²) in [5, 5.41) is 6.62. The Bertz CT molecular complexity index is 835. The van der Waals surface area contributed by atoms with Gasteiger partial charge in [-0.2, -0.15) is 0 Å². The van der Waals surface area contributed by atoms with Crippen LogP contribution in [0.5, 0.6) is 5.75 Å². The Balaban J connectivity index is 1.69. The van der Waals surface area contributed by atoms with Crippen molar-refractivity contribution >= 4 is 17.3 Å². The van der Waals surface area contributed by atoms with Crippen molar-refractivity contribution in [2.75, 3.05) is 17.2 Å². The Morgan fingerprint density at radius 3 is 2.64 bits per heavy atom. The first-order valence-electron chi connectivity index (χ1n) is 8.35. The third-order valence-corrected chi connectivity index (χ3v) is 3.67. The summed E-state index contributed by atoms with van der Waals surface area (Å²) in [6.07, 6.45) is 1.55. The average molecular weight is 334 g/mol. The van der Waals surface area contributed by atoms with E-state index in [0.717, 1.165) is 17.3 Å². The zero-order valence-corrected chi connectivity index (χ0v) is 14.5. The van der Waals surface area contributed by atoms with E-state index in [2.05, 4.69) is 51.8 Å². The van der Waals surface area contributed by atoms with Gasteiger partial charge < -0.3 is 15.4 Å². The first-order valence-corrected chi connectivity index (χ1v) is 8.35. The summed E-state index contributed by atoms with van der Waals surface area (Å²) in [5.74, 6) is 2.29. The molecule has 2 aromatic carbocycles. The molecule has 0 aliphatic carbocycles. The van der Waals surface area contributed by atoms with Gasteiger partial charge in [0.05, 0.1) is 12.3 Å². The van der Waals surface area contributed by atoms with Crippen molar-refractivity contribution in [3.05, 3.63) is 72.1 Å². The van der Waals surface area contributed by atoms with E-state index in [9.17, 15) is 0 Å². The molecule has 0 amide bonds. The van der Waals surface area contributed by atoms with E-state index in [1.165, 1.54) is 11.1 Å². The number of aryl methyl sites for hydroxylation is 1. The fourth-order valence-electron chi connectivity index (χ4n) is 2.53. The van der Waals surface area contributed by atoms with Crippen LogP contribution in [0.2, 0.25) is 0 Å². The van der Waals surface area contributed by atoms with Gasteiger partial charge in [-0.05, 0) is 31.5 Å². The fraction of sp³-hybridized carbons (Fsp3) is 0.200. The van der Waals surface area contributed by atoms with Gasteiger partial charge in [-0.15, -0.1) is 0 Å². The lowest BCUT2D eigenvalue weighted by molar-refractivity contribution is 0.342. The molecular weight excluding hydrogens is 312 g/mol. The van der Waals surface area contributed by atoms with Crippen LogP contribution in [0.25, 0.3) is 0 Å². The second kappa shape index (κ2) is 8.15. The van der Waals surface area contributed by atoms with Crippen LogP contribution in [0.4, 0.5) is 17.3 Å². The zero-order chi connectivity index (χ0) is 17.5. The standard InChI is InChI=1S/C20H22N4O/c1-3-25-18-10-5-4-9-17(18)24-20-12-19(22-14-23-20)21-13-16-8-6-7-15(2)11-16/h4-12,14H,3,13H2,1-2H3,(H2,21,22,23,24). The minimum atomic E-state index is 0.617. The molecule has 5 nitrogen and oxygen atoms in total. The number of aromatic nitrogens is 2. The number of hydrogen-bond donors (Lipinski definition) is 2. The smallest absolute Gasteiger partial charge is 0.142 e. The molecule has 5 heteroatoms. The number of anilines is 3. The molecule has 3 aromatic rings. The number of rotatable bonds is 7. The van der Waals surface area contributed by atoms with E-state index < -0.39 is 0 Å². The lowest BCUT2D eigenvalue weighted by Crippen LogP contribution is -2.04. The second-order valence-corrected chi connectivity index (χ2v) is 5.69. The maximum Gasteiger partial charge on any atom is 0.142 e. The van der Waals surface area contributed by atoms with Gasteiger partial charge in [0, 0.05) is 12.6 Å². The maximum absolute atomic E-state index is 5.63. The highest BCUT2D eigenvalue weighted by atomic mass is 16.5. The largest absolute Gasteiger partial charge is 0.492 e. The van der Waals surface area contributed by atoms with Gasteiger partial charge in [0.25, 0.3) is 0 Å². The van der Waals surface area contributed by atoms with Crippen LogP contribution in [-0.2, 0) is 6.54 Å².